The van der Waals surface area contributed by atoms with Gasteiger partial charge in [0, 0.05) is 0 Å². The summed E-state index contributed by atoms with van der Waals surface area (Å²) in [5.74, 6) is -5.25. The highest BCUT2D eigenvalue weighted by Crippen LogP contribution is 2.08. The SMILES string of the molecule is CC(C)C(NC(=O)C(N)CCCCN)C(=O)NC(CCCCN)C(=O)NC(CC(=O)O)C(=O)O. The van der Waals surface area contributed by atoms with Crippen LogP contribution in [0.25, 0.3) is 0 Å². The Labute approximate surface area is 199 Å². The van der Waals surface area contributed by atoms with Crippen molar-refractivity contribution in [3.63, 3.8) is 0 Å². The molecule has 0 radical (unpaired) electrons. The van der Waals surface area contributed by atoms with Gasteiger partial charge in [0.25, 0.3) is 0 Å². The molecule has 0 heterocycles. The highest BCUT2D eigenvalue weighted by atomic mass is 16.4. The summed E-state index contributed by atoms with van der Waals surface area (Å²) < 4.78 is 0. The molecule has 4 unspecified atom stereocenters. The fraction of sp³-hybridized carbons (Fsp3) is 0.762. The lowest BCUT2D eigenvalue weighted by Gasteiger charge is -2.27. The number of amides is 3. The van der Waals surface area contributed by atoms with Gasteiger partial charge in [-0.3, -0.25) is 19.2 Å². The van der Waals surface area contributed by atoms with Crippen LogP contribution in [0.5, 0.6) is 0 Å². The van der Waals surface area contributed by atoms with Gasteiger partial charge >= 0.3 is 11.9 Å². The van der Waals surface area contributed by atoms with Crippen LogP contribution in [0, 0.1) is 5.92 Å². The number of carbonyl (C=O) groups is 5. The van der Waals surface area contributed by atoms with Crippen LogP contribution in [0.2, 0.25) is 0 Å². The molecule has 0 saturated carbocycles. The van der Waals surface area contributed by atoms with Gasteiger partial charge in [0.15, 0.2) is 0 Å². The van der Waals surface area contributed by atoms with Gasteiger partial charge < -0.3 is 43.4 Å². The van der Waals surface area contributed by atoms with Crippen LogP contribution in [0.1, 0.15) is 58.8 Å². The number of unbranched alkanes of at least 4 members (excludes halogenated alkanes) is 2. The number of carboxylic acids is 2. The van der Waals surface area contributed by atoms with Gasteiger partial charge in [-0.05, 0) is 51.1 Å². The first-order valence-corrected chi connectivity index (χ1v) is 11.5. The minimum Gasteiger partial charge on any atom is -0.481 e. The molecule has 0 aliphatic heterocycles. The Hall–Kier alpha value is -2.77. The number of rotatable bonds is 18. The van der Waals surface area contributed by atoms with E-state index < -0.39 is 60.2 Å². The van der Waals surface area contributed by atoms with Crippen molar-refractivity contribution in [1.29, 1.82) is 0 Å². The molecule has 4 atom stereocenters. The number of carboxylic acid groups (broad SMARTS) is 2. The zero-order valence-electron chi connectivity index (χ0n) is 19.9. The predicted octanol–water partition coefficient (Wildman–Crippen LogP) is -1.76. The van der Waals surface area contributed by atoms with E-state index in [-0.39, 0.29) is 12.3 Å². The maximum atomic E-state index is 12.9. The van der Waals surface area contributed by atoms with E-state index in [2.05, 4.69) is 16.0 Å². The highest BCUT2D eigenvalue weighted by molar-refractivity contribution is 5.94. The second-order valence-electron chi connectivity index (χ2n) is 8.46. The number of hydrogen-bond donors (Lipinski definition) is 8. The van der Waals surface area contributed by atoms with Crippen LogP contribution in [0.15, 0.2) is 0 Å². The normalized spacial score (nSPS) is 14.5. The third-order valence-electron chi connectivity index (χ3n) is 5.13. The Morgan fingerprint density at radius 3 is 1.74 bits per heavy atom. The van der Waals surface area contributed by atoms with Crippen LogP contribution in [0.4, 0.5) is 0 Å². The molecule has 0 aromatic rings. The van der Waals surface area contributed by atoms with Gasteiger partial charge in [-0.2, -0.15) is 0 Å². The van der Waals surface area contributed by atoms with Crippen LogP contribution in [-0.4, -0.2) is 77.1 Å². The van der Waals surface area contributed by atoms with E-state index in [4.69, 9.17) is 22.3 Å². The molecule has 0 fully saturated rings. The monoisotopic (exact) mass is 488 g/mol. The number of carbonyl (C=O) groups excluding carboxylic acids is 3. The van der Waals surface area contributed by atoms with Gasteiger partial charge in [-0.15, -0.1) is 0 Å². The fourth-order valence-corrected chi connectivity index (χ4v) is 3.11. The second-order valence-corrected chi connectivity index (χ2v) is 8.46. The standard InChI is InChI=1S/C21H40N6O7/c1-12(2)17(27-18(30)13(24)7-3-5-9-22)20(32)25-14(8-4-6-10-23)19(31)26-15(21(33)34)11-16(28)29/h12-15,17H,3-11,22-24H2,1-2H3,(H,25,32)(H,26,31)(H,27,30)(H,28,29)(H,33,34). The molecule has 3 amide bonds. The van der Waals surface area contributed by atoms with Crippen molar-refractivity contribution in [2.45, 2.75) is 83.0 Å². The van der Waals surface area contributed by atoms with E-state index in [1.807, 2.05) is 0 Å². The lowest BCUT2D eigenvalue weighted by Crippen LogP contribution is -2.58. The van der Waals surface area contributed by atoms with Crippen molar-refractivity contribution in [1.82, 2.24) is 16.0 Å². The summed E-state index contributed by atoms with van der Waals surface area (Å²) in [5, 5.41) is 25.4. The van der Waals surface area contributed by atoms with Gasteiger partial charge in [0.05, 0.1) is 12.5 Å². The first-order chi connectivity index (χ1) is 15.9. The third-order valence-corrected chi connectivity index (χ3v) is 5.13. The van der Waals surface area contributed by atoms with Crippen molar-refractivity contribution < 1.29 is 34.2 Å². The molecule has 0 saturated heterocycles. The number of nitrogens with two attached hydrogens (primary N) is 3. The molecule has 0 rings (SSSR count). The van der Waals surface area contributed by atoms with Crippen LogP contribution in [-0.2, 0) is 24.0 Å². The maximum absolute atomic E-state index is 12.9. The van der Waals surface area contributed by atoms with E-state index in [0.717, 1.165) is 0 Å². The number of nitrogens with one attached hydrogen (secondary N) is 3. The molecule has 0 aromatic carbocycles. The van der Waals surface area contributed by atoms with Gasteiger partial charge in [0.1, 0.15) is 18.1 Å². The number of hydrogen-bond acceptors (Lipinski definition) is 8. The average molecular weight is 489 g/mol. The van der Waals surface area contributed by atoms with E-state index >= 15 is 0 Å². The molecule has 13 heteroatoms. The fourth-order valence-electron chi connectivity index (χ4n) is 3.11. The lowest BCUT2D eigenvalue weighted by molar-refractivity contribution is -0.147. The summed E-state index contributed by atoms with van der Waals surface area (Å²) in [7, 11) is 0. The topological polar surface area (TPSA) is 240 Å². The van der Waals surface area contributed by atoms with Crippen molar-refractivity contribution >= 4 is 29.7 Å². The second kappa shape index (κ2) is 16.8. The van der Waals surface area contributed by atoms with Crippen molar-refractivity contribution in [2.75, 3.05) is 13.1 Å². The molecular weight excluding hydrogens is 448 g/mol. The first-order valence-electron chi connectivity index (χ1n) is 11.5. The third kappa shape index (κ3) is 12.5. The Kier molecular flexibility index (Phi) is 15.4. The largest absolute Gasteiger partial charge is 0.481 e. The van der Waals surface area contributed by atoms with Gasteiger partial charge in [0.2, 0.25) is 17.7 Å². The summed E-state index contributed by atoms with van der Waals surface area (Å²) in [4.78, 5) is 60.3. The Bertz CT molecular complexity index is 689. The van der Waals surface area contributed by atoms with Crippen molar-refractivity contribution in [3.8, 4) is 0 Å². The Balaban J connectivity index is 5.38. The summed E-state index contributed by atoms with van der Waals surface area (Å²) in [6.45, 7) is 4.25. The van der Waals surface area contributed by atoms with Crippen LogP contribution in [0.3, 0.4) is 0 Å². The number of aliphatic carboxylic acids is 2. The molecule has 0 spiro atoms. The average Bonchev–Trinajstić information content (AvgIpc) is 2.75. The first kappa shape index (κ1) is 31.2. The predicted molar refractivity (Wildman–Crippen MR) is 124 cm³/mol. The van der Waals surface area contributed by atoms with Crippen LogP contribution >= 0.6 is 0 Å². The molecule has 196 valence electrons. The zero-order chi connectivity index (χ0) is 26.3. The highest BCUT2D eigenvalue weighted by Gasteiger charge is 2.32. The summed E-state index contributed by atoms with van der Waals surface area (Å²) in [6, 6.07) is -4.62. The molecule has 0 bridgehead atoms. The maximum Gasteiger partial charge on any atom is 0.326 e. The molecule has 34 heavy (non-hydrogen) atoms. The Morgan fingerprint density at radius 1 is 0.735 bits per heavy atom. The van der Waals surface area contributed by atoms with Gasteiger partial charge in [-0.25, -0.2) is 4.79 Å². The molecule has 0 aliphatic rings. The minimum atomic E-state index is -1.66. The van der Waals surface area contributed by atoms with E-state index in [1.54, 1.807) is 13.8 Å². The van der Waals surface area contributed by atoms with Crippen LogP contribution < -0.4 is 33.2 Å². The molecule has 13 nitrogen and oxygen atoms in total. The molecule has 11 N–H and O–H groups in total. The smallest absolute Gasteiger partial charge is 0.326 e. The van der Waals surface area contributed by atoms with Gasteiger partial charge in [-0.1, -0.05) is 20.3 Å². The summed E-state index contributed by atoms with van der Waals surface area (Å²) in [5.41, 5.74) is 16.8. The zero-order valence-corrected chi connectivity index (χ0v) is 19.9. The Morgan fingerprint density at radius 2 is 1.26 bits per heavy atom. The minimum absolute atomic E-state index is 0.144. The molecular formula is C21H40N6O7. The molecule has 0 aliphatic carbocycles. The van der Waals surface area contributed by atoms with E-state index in [1.165, 1.54) is 0 Å². The van der Waals surface area contributed by atoms with Crippen molar-refractivity contribution in [3.05, 3.63) is 0 Å². The summed E-state index contributed by atoms with van der Waals surface area (Å²) >= 11 is 0. The van der Waals surface area contributed by atoms with Crippen molar-refractivity contribution in [2.24, 2.45) is 23.1 Å². The van der Waals surface area contributed by atoms with E-state index in [0.29, 0.717) is 45.2 Å². The lowest BCUT2D eigenvalue weighted by atomic mass is 10.0. The summed E-state index contributed by atoms with van der Waals surface area (Å²) in [6.07, 6.45) is 2.11. The molecule has 0 aromatic heterocycles. The van der Waals surface area contributed by atoms with E-state index in [9.17, 15) is 29.1 Å². The quantitative estimate of drug-likeness (QED) is 0.101.